The molecule has 1 heterocycles. The Hall–Kier alpha value is -0.760. The molecule has 0 bridgehead atoms. The number of rotatable bonds is 4. The van der Waals surface area contributed by atoms with Crippen molar-refractivity contribution in [3.8, 4) is 0 Å². The van der Waals surface area contributed by atoms with Crippen molar-refractivity contribution in [1.82, 2.24) is 5.32 Å². The summed E-state index contributed by atoms with van der Waals surface area (Å²) in [6.45, 7) is 5.80. The van der Waals surface area contributed by atoms with E-state index in [4.69, 9.17) is 4.42 Å². The summed E-state index contributed by atoms with van der Waals surface area (Å²) in [6.07, 6.45) is 6.80. The number of hydrogen-bond donors (Lipinski definition) is 1. The fraction of sp³-hybridized carbons (Fsp3) is 0.714. The van der Waals surface area contributed by atoms with Crippen molar-refractivity contribution in [2.75, 3.05) is 6.54 Å². The average Bonchev–Trinajstić information content (AvgIpc) is 2.76. The zero-order valence-electron chi connectivity index (χ0n) is 10.4. The van der Waals surface area contributed by atoms with E-state index >= 15 is 0 Å². The van der Waals surface area contributed by atoms with E-state index in [0.717, 1.165) is 36.6 Å². The molecule has 1 N–H and O–H groups in total. The predicted molar refractivity (Wildman–Crippen MR) is 66.4 cm³/mol. The van der Waals surface area contributed by atoms with Crippen LogP contribution in [-0.4, -0.2) is 12.6 Å². The summed E-state index contributed by atoms with van der Waals surface area (Å²) in [5, 5.41) is 3.65. The van der Waals surface area contributed by atoms with Crippen LogP contribution in [0.2, 0.25) is 0 Å². The topological polar surface area (TPSA) is 25.2 Å². The minimum Gasteiger partial charge on any atom is -0.469 e. The van der Waals surface area contributed by atoms with Crippen LogP contribution in [0.15, 0.2) is 22.8 Å². The van der Waals surface area contributed by atoms with Crippen LogP contribution in [0.4, 0.5) is 0 Å². The van der Waals surface area contributed by atoms with Crippen LogP contribution >= 0.6 is 0 Å². The maximum absolute atomic E-state index is 5.32. The van der Waals surface area contributed by atoms with E-state index in [9.17, 15) is 0 Å². The first kappa shape index (κ1) is 11.7. The van der Waals surface area contributed by atoms with E-state index in [1.807, 2.05) is 12.1 Å². The highest BCUT2D eigenvalue weighted by molar-refractivity contribution is 4.98. The molecule has 1 fully saturated rings. The molecule has 2 nitrogen and oxygen atoms in total. The van der Waals surface area contributed by atoms with Gasteiger partial charge in [0.15, 0.2) is 0 Å². The van der Waals surface area contributed by atoms with Crippen molar-refractivity contribution in [1.29, 1.82) is 0 Å². The van der Waals surface area contributed by atoms with Crippen molar-refractivity contribution >= 4 is 0 Å². The molecule has 0 saturated heterocycles. The monoisotopic (exact) mass is 221 g/mol. The molecule has 2 rings (SSSR count). The smallest absolute Gasteiger partial charge is 0.105 e. The summed E-state index contributed by atoms with van der Waals surface area (Å²) >= 11 is 0. The second kappa shape index (κ2) is 5.53. The minimum absolute atomic E-state index is 0.723. The standard InChI is InChI=1S/C14H23NO/c1-11-5-6-13(10-12(11)2)15-8-7-14-4-3-9-16-14/h3-4,9,11-13,15H,5-8,10H2,1-2H3. The Morgan fingerprint density at radius 1 is 1.31 bits per heavy atom. The Bertz CT molecular complexity index is 294. The Kier molecular flexibility index (Phi) is 4.05. The van der Waals surface area contributed by atoms with E-state index in [-0.39, 0.29) is 0 Å². The van der Waals surface area contributed by atoms with Crippen LogP contribution < -0.4 is 5.32 Å². The van der Waals surface area contributed by atoms with E-state index in [1.54, 1.807) is 6.26 Å². The summed E-state index contributed by atoms with van der Waals surface area (Å²) in [5.41, 5.74) is 0. The van der Waals surface area contributed by atoms with Gasteiger partial charge in [0.05, 0.1) is 6.26 Å². The van der Waals surface area contributed by atoms with Crippen molar-refractivity contribution in [2.45, 2.75) is 45.6 Å². The van der Waals surface area contributed by atoms with E-state index in [2.05, 4.69) is 19.2 Å². The summed E-state index contributed by atoms with van der Waals surface area (Å²) in [5.74, 6) is 2.86. The SMILES string of the molecule is CC1CCC(NCCc2ccco2)CC1C. The van der Waals surface area contributed by atoms with Crippen LogP contribution in [0.1, 0.15) is 38.9 Å². The van der Waals surface area contributed by atoms with Crippen molar-refractivity contribution in [2.24, 2.45) is 11.8 Å². The Balaban J connectivity index is 1.67. The van der Waals surface area contributed by atoms with Gasteiger partial charge in [0.2, 0.25) is 0 Å². The second-order valence-corrected chi connectivity index (χ2v) is 5.25. The third-order valence-electron chi connectivity index (χ3n) is 3.98. The molecule has 0 radical (unpaired) electrons. The van der Waals surface area contributed by atoms with Gasteiger partial charge in [-0.25, -0.2) is 0 Å². The summed E-state index contributed by atoms with van der Waals surface area (Å²) in [4.78, 5) is 0. The molecule has 1 aromatic rings. The molecular formula is C14H23NO. The lowest BCUT2D eigenvalue weighted by molar-refractivity contribution is 0.226. The highest BCUT2D eigenvalue weighted by Gasteiger charge is 2.23. The highest BCUT2D eigenvalue weighted by atomic mass is 16.3. The normalized spacial score (nSPS) is 30.5. The van der Waals surface area contributed by atoms with E-state index in [1.165, 1.54) is 19.3 Å². The molecule has 1 aliphatic carbocycles. The first-order chi connectivity index (χ1) is 7.75. The zero-order valence-corrected chi connectivity index (χ0v) is 10.4. The lowest BCUT2D eigenvalue weighted by Gasteiger charge is -2.32. The van der Waals surface area contributed by atoms with Gasteiger partial charge in [-0.05, 0) is 43.2 Å². The molecule has 16 heavy (non-hydrogen) atoms. The largest absolute Gasteiger partial charge is 0.469 e. The molecule has 2 heteroatoms. The molecule has 0 aliphatic heterocycles. The third kappa shape index (κ3) is 3.11. The van der Waals surface area contributed by atoms with Gasteiger partial charge in [0.1, 0.15) is 5.76 Å². The maximum Gasteiger partial charge on any atom is 0.105 e. The zero-order chi connectivity index (χ0) is 11.4. The number of nitrogens with one attached hydrogen (secondary N) is 1. The Morgan fingerprint density at radius 2 is 2.19 bits per heavy atom. The summed E-state index contributed by atoms with van der Waals surface area (Å²) in [7, 11) is 0. The van der Waals surface area contributed by atoms with E-state index < -0.39 is 0 Å². The van der Waals surface area contributed by atoms with Crippen molar-refractivity contribution in [3.05, 3.63) is 24.2 Å². The molecule has 1 aromatic heterocycles. The van der Waals surface area contributed by atoms with Gasteiger partial charge in [-0.15, -0.1) is 0 Å². The molecule has 1 aliphatic rings. The molecule has 0 spiro atoms. The first-order valence-corrected chi connectivity index (χ1v) is 6.51. The fourth-order valence-electron chi connectivity index (χ4n) is 2.59. The van der Waals surface area contributed by atoms with Gasteiger partial charge in [-0.1, -0.05) is 13.8 Å². The number of hydrogen-bond acceptors (Lipinski definition) is 2. The van der Waals surface area contributed by atoms with Crippen LogP contribution in [0.25, 0.3) is 0 Å². The third-order valence-corrected chi connectivity index (χ3v) is 3.98. The first-order valence-electron chi connectivity index (χ1n) is 6.51. The molecule has 3 atom stereocenters. The fourth-order valence-corrected chi connectivity index (χ4v) is 2.59. The molecular weight excluding hydrogens is 198 g/mol. The van der Waals surface area contributed by atoms with Gasteiger partial charge in [0.25, 0.3) is 0 Å². The molecule has 1 saturated carbocycles. The molecule has 90 valence electrons. The molecule has 0 amide bonds. The minimum atomic E-state index is 0.723. The molecule has 3 unspecified atom stereocenters. The lowest BCUT2D eigenvalue weighted by Crippen LogP contribution is -2.37. The average molecular weight is 221 g/mol. The maximum atomic E-state index is 5.32. The molecule has 0 aromatic carbocycles. The van der Waals surface area contributed by atoms with E-state index in [0.29, 0.717) is 0 Å². The van der Waals surface area contributed by atoms with Crippen LogP contribution in [0.5, 0.6) is 0 Å². The van der Waals surface area contributed by atoms with Gasteiger partial charge in [-0.3, -0.25) is 0 Å². The summed E-state index contributed by atoms with van der Waals surface area (Å²) in [6, 6.07) is 4.73. The van der Waals surface area contributed by atoms with Gasteiger partial charge in [0, 0.05) is 19.0 Å². The van der Waals surface area contributed by atoms with Crippen molar-refractivity contribution < 1.29 is 4.42 Å². The van der Waals surface area contributed by atoms with Crippen LogP contribution in [0.3, 0.4) is 0 Å². The van der Waals surface area contributed by atoms with Gasteiger partial charge in [-0.2, -0.15) is 0 Å². The quantitative estimate of drug-likeness (QED) is 0.844. The summed E-state index contributed by atoms with van der Waals surface area (Å²) < 4.78 is 5.32. The Morgan fingerprint density at radius 3 is 2.88 bits per heavy atom. The predicted octanol–water partition coefficient (Wildman–Crippen LogP) is 3.24. The lowest BCUT2D eigenvalue weighted by atomic mass is 9.79. The second-order valence-electron chi connectivity index (χ2n) is 5.25. The van der Waals surface area contributed by atoms with Crippen LogP contribution in [0, 0.1) is 11.8 Å². The Labute approximate surface area is 98.4 Å². The van der Waals surface area contributed by atoms with Gasteiger partial charge < -0.3 is 9.73 Å². The highest BCUT2D eigenvalue weighted by Crippen LogP contribution is 2.29. The van der Waals surface area contributed by atoms with Crippen molar-refractivity contribution in [3.63, 3.8) is 0 Å². The van der Waals surface area contributed by atoms with Crippen LogP contribution in [-0.2, 0) is 6.42 Å². The number of furan rings is 1. The van der Waals surface area contributed by atoms with Gasteiger partial charge >= 0.3 is 0 Å².